The first-order valence-corrected chi connectivity index (χ1v) is 12.1. The zero-order valence-corrected chi connectivity index (χ0v) is 19.9. The van der Waals surface area contributed by atoms with Crippen molar-refractivity contribution in [3.63, 3.8) is 0 Å². The quantitative estimate of drug-likeness (QED) is 0.502. The highest BCUT2D eigenvalue weighted by Gasteiger charge is 2.51. The van der Waals surface area contributed by atoms with E-state index in [1.807, 2.05) is 60.7 Å². The summed E-state index contributed by atoms with van der Waals surface area (Å²) >= 11 is 0. The van der Waals surface area contributed by atoms with Gasteiger partial charge in [-0.3, -0.25) is 9.59 Å². The number of methoxy groups -OCH3 is 1. The Morgan fingerprint density at radius 3 is 2.31 bits per heavy atom. The van der Waals surface area contributed by atoms with Gasteiger partial charge in [0.15, 0.2) is 0 Å². The summed E-state index contributed by atoms with van der Waals surface area (Å²) in [6.45, 7) is 1.04. The van der Waals surface area contributed by atoms with Gasteiger partial charge in [-0.1, -0.05) is 78.4 Å². The molecule has 5 rings (SSSR count). The molecule has 3 aromatic carbocycles. The van der Waals surface area contributed by atoms with E-state index in [1.165, 1.54) is 11.1 Å². The summed E-state index contributed by atoms with van der Waals surface area (Å²) in [5.41, 5.74) is 4.81. The Kier molecular flexibility index (Phi) is 6.41. The highest BCUT2D eigenvalue weighted by atomic mass is 16.5. The van der Waals surface area contributed by atoms with E-state index >= 15 is 0 Å². The number of carbonyl (C=O) groups is 2. The third-order valence-corrected chi connectivity index (χ3v) is 7.37. The van der Waals surface area contributed by atoms with Gasteiger partial charge in [0.05, 0.1) is 12.7 Å². The molecule has 0 bridgehead atoms. The molecule has 0 aliphatic heterocycles. The van der Waals surface area contributed by atoms with Crippen molar-refractivity contribution in [3.05, 3.63) is 113 Å². The Hall–Kier alpha value is -3.86. The third-order valence-electron chi connectivity index (χ3n) is 7.37. The van der Waals surface area contributed by atoms with Gasteiger partial charge < -0.3 is 15.4 Å². The third kappa shape index (κ3) is 4.72. The second kappa shape index (κ2) is 9.79. The standard InChI is InChI=1S/C30H30N2O3/c1-35-26-15-9-8-14-24(26)28(33)32-20-30(22-12-6-3-7-13-22)17-16-23-25(18-30)27(23)29(34)31-19-21-10-4-2-5-11-21/h2-15,25H,16-20H2,1H3,(H,31,34)(H,32,33). The molecule has 1 saturated carbocycles. The molecule has 3 aromatic rings. The van der Waals surface area contributed by atoms with Gasteiger partial charge in [-0.15, -0.1) is 0 Å². The van der Waals surface area contributed by atoms with Crippen LogP contribution in [0.5, 0.6) is 5.75 Å². The van der Waals surface area contributed by atoms with Crippen LogP contribution < -0.4 is 15.4 Å². The number of fused-ring (bicyclic) bond motifs is 1. The van der Waals surface area contributed by atoms with Crippen molar-refractivity contribution >= 4 is 11.8 Å². The number of hydrogen-bond acceptors (Lipinski definition) is 3. The molecule has 2 atom stereocenters. The highest BCUT2D eigenvalue weighted by molar-refractivity contribution is 6.00. The molecule has 5 heteroatoms. The van der Waals surface area contributed by atoms with Crippen LogP contribution >= 0.6 is 0 Å². The number of carbonyl (C=O) groups excluding carboxylic acids is 2. The lowest BCUT2D eigenvalue weighted by molar-refractivity contribution is -0.117. The van der Waals surface area contributed by atoms with E-state index in [4.69, 9.17) is 4.74 Å². The second-order valence-electron chi connectivity index (χ2n) is 9.39. The zero-order chi connectivity index (χ0) is 24.3. The number of allylic oxidation sites excluding steroid dienone is 1. The summed E-state index contributed by atoms with van der Waals surface area (Å²) in [5, 5.41) is 6.26. The Morgan fingerprint density at radius 1 is 0.886 bits per heavy atom. The smallest absolute Gasteiger partial charge is 0.255 e. The van der Waals surface area contributed by atoms with Gasteiger partial charge in [0.1, 0.15) is 5.75 Å². The lowest BCUT2D eigenvalue weighted by Crippen LogP contribution is -2.43. The molecule has 0 heterocycles. The first kappa shape index (κ1) is 22.9. The maximum Gasteiger partial charge on any atom is 0.255 e. The van der Waals surface area contributed by atoms with Crippen LogP contribution in [0.4, 0.5) is 0 Å². The molecule has 1 fully saturated rings. The van der Waals surface area contributed by atoms with Crippen molar-refractivity contribution in [2.24, 2.45) is 5.92 Å². The van der Waals surface area contributed by atoms with Crippen LogP contribution in [-0.4, -0.2) is 25.5 Å². The molecule has 2 unspecified atom stereocenters. The number of ether oxygens (including phenoxy) is 1. The molecule has 0 saturated heterocycles. The predicted octanol–water partition coefficient (Wildman–Crippen LogP) is 4.79. The van der Waals surface area contributed by atoms with Crippen molar-refractivity contribution in [2.45, 2.75) is 31.2 Å². The Bertz CT molecular complexity index is 1250. The summed E-state index contributed by atoms with van der Waals surface area (Å²) in [6.07, 6.45) is 2.59. The SMILES string of the molecule is COc1ccccc1C(=O)NCC1(c2ccccc2)CCC2=C(C(=O)NCc3ccccc3)C2C1. The molecule has 2 N–H and O–H groups in total. The fourth-order valence-corrected chi connectivity index (χ4v) is 5.39. The molecule has 2 amide bonds. The summed E-state index contributed by atoms with van der Waals surface area (Å²) in [7, 11) is 1.57. The van der Waals surface area contributed by atoms with Crippen molar-refractivity contribution < 1.29 is 14.3 Å². The van der Waals surface area contributed by atoms with E-state index in [0.29, 0.717) is 24.4 Å². The first-order chi connectivity index (χ1) is 17.1. The number of nitrogens with one attached hydrogen (secondary N) is 2. The lowest BCUT2D eigenvalue weighted by atomic mass is 9.68. The zero-order valence-electron chi connectivity index (χ0n) is 19.9. The molecule has 178 valence electrons. The molecule has 35 heavy (non-hydrogen) atoms. The van der Waals surface area contributed by atoms with Crippen molar-refractivity contribution in [2.75, 3.05) is 13.7 Å². The van der Waals surface area contributed by atoms with Crippen LogP contribution in [0.1, 0.15) is 40.7 Å². The fraction of sp³-hybridized carbons (Fsp3) is 0.267. The minimum absolute atomic E-state index is 0.0378. The number of hydrogen-bond donors (Lipinski definition) is 2. The van der Waals surface area contributed by atoms with Crippen LogP contribution in [0.3, 0.4) is 0 Å². The minimum atomic E-state index is -0.228. The van der Waals surface area contributed by atoms with E-state index in [9.17, 15) is 9.59 Å². The maximum atomic E-state index is 13.1. The van der Waals surface area contributed by atoms with Gasteiger partial charge in [0.2, 0.25) is 5.91 Å². The van der Waals surface area contributed by atoms with E-state index in [1.54, 1.807) is 19.2 Å². The van der Waals surface area contributed by atoms with Crippen LogP contribution in [0.15, 0.2) is 96.1 Å². The number of benzene rings is 3. The van der Waals surface area contributed by atoms with E-state index in [0.717, 1.165) is 30.4 Å². The minimum Gasteiger partial charge on any atom is -0.496 e. The van der Waals surface area contributed by atoms with Gasteiger partial charge in [0.25, 0.3) is 5.91 Å². The summed E-state index contributed by atoms with van der Waals surface area (Å²) in [4.78, 5) is 26.0. The second-order valence-corrected chi connectivity index (χ2v) is 9.39. The predicted molar refractivity (Wildman–Crippen MR) is 136 cm³/mol. The monoisotopic (exact) mass is 466 g/mol. The van der Waals surface area contributed by atoms with Gasteiger partial charge in [-0.05, 0) is 42.5 Å². The van der Waals surface area contributed by atoms with Gasteiger partial charge >= 0.3 is 0 Å². The molecule has 5 nitrogen and oxygen atoms in total. The number of rotatable bonds is 8. The topological polar surface area (TPSA) is 67.4 Å². The molecular weight excluding hydrogens is 436 g/mol. The van der Waals surface area contributed by atoms with Crippen LogP contribution in [0.2, 0.25) is 0 Å². The molecule has 2 aliphatic rings. The van der Waals surface area contributed by atoms with Crippen LogP contribution in [0.25, 0.3) is 0 Å². The van der Waals surface area contributed by atoms with Crippen molar-refractivity contribution in [3.8, 4) is 5.75 Å². The average molecular weight is 467 g/mol. The Labute approximate surface area is 206 Å². The van der Waals surface area contributed by atoms with Crippen LogP contribution in [-0.2, 0) is 16.8 Å². The molecule has 0 spiro atoms. The normalized spacial score (nSPS) is 20.5. The van der Waals surface area contributed by atoms with E-state index in [-0.39, 0.29) is 23.1 Å². The lowest BCUT2D eigenvalue weighted by Gasteiger charge is -2.38. The van der Waals surface area contributed by atoms with Crippen molar-refractivity contribution in [1.29, 1.82) is 0 Å². The summed E-state index contributed by atoms with van der Waals surface area (Å²) in [6, 6.07) is 27.6. The molecule has 0 radical (unpaired) electrons. The molecule has 0 aromatic heterocycles. The van der Waals surface area contributed by atoms with Gasteiger partial charge in [-0.25, -0.2) is 0 Å². The van der Waals surface area contributed by atoms with Crippen LogP contribution in [0, 0.1) is 5.92 Å². The number of amides is 2. The highest BCUT2D eigenvalue weighted by Crippen LogP contribution is 2.56. The van der Waals surface area contributed by atoms with Gasteiger partial charge in [-0.2, -0.15) is 0 Å². The first-order valence-electron chi connectivity index (χ1n) is 12.1. The maximum absolute atomic E-state index is 13.1. The largest absolute Gasteiger partial charge is 0.496 e. The molecule has 2 aliphatic carbocycles. The Balaban J connectivity index is 1.29. The fourth-order valence-electron chi connectivity index (χ4n) is 5.39. The average Bonchev–Trinajstić information content (AvgIpc) is 3.64. The van der Waals surface area contributed by atoms with Crippen molar-refractivity contribution in [1.82, 2.24) is 10.6 Å². The molecular formula is C30H30N2O3. The summed E-state index contributed by atoms with van der Waals surface area (Å²) in [5.74, 6) is 0.637. The Morgan fingerprint density at radius 2 is 1.57 bits per heavy atom. The number of para-hydroxylation sites is 1. The van der Waals surface area contributed by atoms with Gasteiger partial charge in [0, 0.05) is 30.0 Å². The van der Waals surface area contributed by atoms with E-state index < -0.39 is 0 Å². The summed E-state index contributed by atoms with van der Waals surface area (Å²) < 4.78 is 5.38. The van der Waals surface area contributed by atoms with E-state index in [2.05, 4.69) is 22.8 Å².